The molecule has 0 saturated carbocycles. The third-order valence-electron chi connectivity index (χ3n) is 4.86. The highest BCUT2D eigenvalue weighted by atomic mass is 16.6. The van der Waals surface area contributed by atoms with Crippen molar-refractivity contribution in [2.24, 2.45) is 0 Å². The summed E-state index contributed by atoms with van der Waals surface area (Å²) < 4.78 is 5.03. The summed E-state index contributed by atoms with van der Waals surface area (Å²) in [5, 5.41) is 14.2. The molecule has 0 atom stereocenters. The van der Waals surface area contributed by atoms with Gasteiger partial charge in [0.05, 0.1) is 10.5 Å². The lowest BCUT2D eigenvalue weighted by Crippen LogP contribution is -2.30. The van der Waals surface area contributed by atoms with Gasteiger partial charge in [0.1, 0.15) is 5.69 Å². The second-order valence-electron chi connectivity index (χ2n) is 6.95. The number of carbonyl (C=O) groups is 2. The fourth-order valence-electron chi connectivity index (χ4n) is 3.31. The van der Waals surface area contributed by atoms with Crippen LogP contribution in [0.15, 0.2) is 42.5 Å². The fraction of sp³-hybridized carbons (Fsp3) is 0.333. The van der Waals surface area contributed by atoms with Crippen LogP contribution in [0.1, 0.15) is 35.2 Å². The number of anilines is 2. The van der Waals surface area contributed by atoms with E-state index in [0.29, 0.717) is 11.4 Å². The Morgan fingerprint density at radius 3 is 2.55 bits per heavy atom. The molecule has 1 saturated heterocycles. The molecule has 0 aliphatic carbocycles. The van der Waals surface area contributed by atoms with Crippen LogP contribution < -0.4 is 10.2 Å². The van der Waals surface area contributed by atoms with E-state index in [1.54, 1.807) is 18.2 Å². The van der Waals surface area contributed by atoms with Gasteiger partial charge < -0.3 is 15.0 Å². The van der Waals surface area contributed by atoms with Gasteiger partial charge in [-0.25, -0.2) is 4.79 Å². The van der Waals surface area contributed by atoms with Crippen LogP contribution in [0.25, 0.3) is 0 Å². The molecule has 8 heteroatoms. The molecule has 1 aliphatic rings. The number of nitro benzene ring substituents is 1. The number of aryl methyl sites for hydroxylation is 1. The average molecular weight is 397 g/mol. The van der Waals surface area contributed by atoms with Gasteiger partial charge in [-0.05, 0) is 49.9 Å². The molecule has 0 bridgehead atoms. The lowest BCUT2D eigenvalue weighted by molar-refractivity contribution is -0.384. The summed E-state index contributed by atoms with van der Waals surface area (Å²) >= 11 is 0. The van der Waals surface area contributed by atoms with Gasteiger partial charge in [-0.15, -0.1) is 0 Å². The SMILES string of the molecule is Cc1ccccc1NC(=O)COC(=O)c1ccc(N2CCCCC2)c([N+](=O)[O-])c1. The van der Waals surface area contributed by atoms with Crippen LogP contribution in [-0.2, 0) is 9.53 Å². The van der Waals surface area contributed by atoms with Gasteiger partial charge in [-0.3, -0.25) is 14.9 Å². The first-order valence-electron chi connectivity index (χ1n) is 9.51. The number of para-hydroxylation sites is 1. The summed E-state index contributed by atoms with van der Waals surface area (Å²) in [6.07, 6.45) is 3.08. The van der Waals surface area contributed by atoms with Crippen LogP contribution in [0, 0.1) is 17.0 Å². The van der Waals surface area contributed by atoms with Crippen molar-refractivity contribution in [3.05, 3.63) is 63.7 Å². The summed E-state index contributed by atoms with van der Waals surface area (Å²) in [5.74, 6) is -1.26. The van der Waals surface area contributed by atoms with Crippen LogP contribution in [0.2, 0.25) is 0 Å². The minimum atomic E-state index is -0.779. The Bertz CT molecular complexity index is 922. The highest BCUT2D eigenvalue weighted by molar-refractivity contribution is 5.96. The van der Waals surface area contributed by atoms with Crippen molar-refractivity contribution in [1.82, 2.24) is 0 Å². The van der Waals surface area contributed by atoms with Crippen molar-refractivity contribution < 1.29 is 19.2 Å². The highest BCUT2D eigenvalue weighted by Gasteiger charge is 2.23. The number of piperidine rings is 1. The van der Waals surface area contributed by atoms with E-state index >= 15 is 0 Å². The van der Waals surface area contributed by atoms with E-state index in [1.165, 1.54) is 12.1 Å². The van der Waals surface area contributed by atoms with E-state index in [1.807, 2.05) is 24.0 Å². The van der Waals surface area contributed by atoms with E-state index in [-0.39, 0.29) is 11.3 Å². The van der Waals surface area contributed by atoms with Gasteiger partial charge in [0.2, 0.25) is 0 Å². The molecule has 8 nitrogen and oxygen atoms in total. The third-order valence-corrected chi connectivity index (χ3v) is 4.86. The molecule has 29 heavy (non-hydrogen) atoms. The Labute approximate surface area is 168 Å². The first-order valence-corrected chi connectivity index (χ1v) is 9.51. The number of nitrogens with one attached hydrogen (secondary N) is 1. The molecular weight excluding hydrogens is 374 g/mol. The predicted octanol–water partition coefficient (Wildman–Crippen LogP) is 3.69. The Morgan fingerprint density at radius 1 is 1.14 bits per heavy atom. The lowest BCUT2D eigenvalue weighted by Gasteiger charge is -2.28. The third kappa shape index (κ3) is 5.10. The fourth-order valence-corrected chi connectivity index (χ4v) is 3.31. The standard InChI is InChI=1S/C21H23N3O5/c1-15-7-3-4-8-17(15)22-20(25)14-29-21(26)16-9-10-18(19(13-16)24(27)28)23-11-5-2-6-12-23/h3-4,7-10,13H,2,5-6,11-12,14H2,1H3,(H,22,25). The maximum Gasteiger partial charge on any atom is 0.338 e. The number of esters is 1. The van der Waals surface area contributed by atoms with E-state index in [0.717, 1.165) is 37.9 Å². The monoisotopic (exact) mass is 397 g/mol. The van der Waals surface area contributed by atoms with Gasteiger partial charge in [-0.1, -0.05) is 18.2 Å². The highest BCUT2D eigenvalue weighted by Crippen LogP contribution is 2.31. The number of hydrogen-bond donors (Lipinski definition) is 1. The van der Waals surface area contributed by atoms with Gasteiger partial charge in [0.15, 0.2) is 6.61 Å². The lowest BCUT2D eigenvalue weighted by atomic mass is 10.1. The maximum atomic E-state index is 12.3. The maximum absolute atomic E-state index is 12.3. The number of ether oxygens (including phenoxy) is 1. The number of benzene rings is 2. The van der Waals surface area contributed by atoms with Gasteiger partial charge >= 0.3 is 5.97 Å². The Kier molecular flexibility index (Phi) is 6.43. The number of amides is 1. The van der Waals surface area contributed by atoms with E-state index < -0.39 is 23.4 Å². The molecule has 1 fully saturated rings. The van der Waals surface area contributed by atoms with Crippen LogP contribution >= 0.6 is 0 Å². The molecule has 1 N–H and O–H groups in total. The van der Waals surface area contributed by atoms with Crippen molar-refractivity contribution in [1.29, 1.82) is 0 Å². The molecule has 0 unspecified atom stereocenters. The molecule has 1 amide bonds. The van der Waals surface area contributed by atoms with Crippen LogP contribution in [0.3, 0.4) is 0 Å². The van der Waals surface area contributed by atoms with Gasteiger partial charge in [-0.2, -0.15) is 0 Å². The summed E-state index contributed by atoms with van der Waals surface area (Å²) in [7, 11) is 0. The number of carbonyl (C=O) groups excluding carboxylic acids is 2. The van der Waals surface area contributed by atoms with Crippen molar-refractivity contribution >= 4 is 28.9 Å². The van der Waals surface area contributed by atoms with Gasteiger partial charge in [0, 0.05) is 24.8 Å². The Hall–Kier alpha value is -3.42. The molecule has 0 aromatic heterocycles. The summed E-state index contributed by atoms with van der Waals surface area (Å²) in [4.78, 5) is 37.3. The quantitative estimate of drug-likeness (QED) is 0.453. The van der Waals surface area contributed by atoms with Crippen LogP contribution in [0.4, 0.5) is 17.1 Å². The zero-order valence-electron chi connectivity index (χ0n) is 16.2. The van der Waals surface area contributed by atoms with Crippen LogP contribution in [-0.4, -0.2) is 36.5 Å². The molecule has 2 aromatic carbocycles. The Balaban J connectivity index is 1.65. The van der Waals surface area contributed by atoms with Gasteiger partial charge in [0.25, 0.3) is 11.6 Å². The molecule has 0 spiro atoms. The van der Waals surface area contributed by atoms with E-state index in [9.17, 15) is 19.7 Å². The number of nitrogens with zero attached hydrogens (tertiary/aromatic N) is 2. The molecule has 2 aromatic rings. The normalized spacial score (nSPS) is 13.6. The average Bonchev–Trinajstić information content (AvgIpc) is 2.74. The summed E-state index contributed by atoms with van der Waals surface area (Å²) in [5.41, 5.74) is 1.93. The molecular formula is C21H23N3O5. The second-order valence-corrected chi connectivity index (χ2v) is 6.95. The minimum Gasteiger partial charge on any atom is -0.452 e. The largest absolute Gasteiger partial charge is 0.452 e. The van der Waals surface area contributed by atoms with Crippen molar-refractivity contribution in [2.45, 2.75) is 26.2 Å². The second kappa shape index (κ2) is 9.18. The summed E-state index contributed by atoms with van der Waals surface area (Å²) in [6, 6.07) is 11.5. The number of rotatable bonds is 6. The van der Waals surface area contributed by atoms with Crippen molar-refractivity contribution in [2.75, 3.05) is 29.9 Å². The molecule has 0 radical (unpaired) electrons. The summed E-state index contributed by atoms with van der Waals surface area (Å²) in [6.45, 7) is 2.88. The Morgan fingerprint density at radius 2 is 1.86 bits per heavy atom. The van der Waals surface area contributed by atoms with Crippen LogP contribution in [0.5, 0.6) is 0 Å². The van der Waals surface area contributed by atoms with E-state index in [4.69, 9.17) is 4.74 Å². The first kappa shape index (κ1) is 20.3. The molecule has 152 valence electrons. The van der Waals surface area contributed by atoms with E-state index in [2.05, 4.69) is 5.32 Å². The zero-order valence-corrected chi connectivity index (χ0v) is 16.2. The van der Waals surface area contributed by atoms with Crippen molar-refractivity contribution in [3.8, 4) is 0 Å². The molecule has 1 heterocycles. The topological polar surface area (TPSA) is 102 Å². The first-order chi connectivity index (χ1) is 14.0. The number of hydrogen-bond acceptors (Lipinski definition) is 6. The molecule has 3 rings (SSSR count). The smallest absolute Gasteiger partial charge is 0.338 e. The predicted molar refractivity (Wildman–Crippen MR) is 109 cm³/mol. The molecule has 1 aliphatic heterocycles. The zero-order chi connectivity index (χ0) is 20.8. The minimum absolute atomic E-state index is 0.0427. The van der Waals surface area contributed by atoms with Crippen molar-refractivity contribution in [3.63, 3.8) is 0 Å². The number of nitro groups is 1.